The molecular weight excluding hydrogens is 260 g/mol. The molecule has 0 spiro atoms. The molecule has 0 amide bonds. The summed E-state index contributed by atoms with van der Waals surface area (Å²) in [4.78, 5) is 14.4. The Morgan fingerprint density at radius 3 is 2.50 bits per heavy atom. The molecule has 0 aliphatic heterocycles. The smallest absolute Gasteiger partial charge is 0.182 e. The lowest BCUT2D eigenvalue weighted by Crippen LogP contribution is -2.44. The molecule has 0 saturated heterocycles. The summed E-state index contributed by atoms with van der Waals surface area (Å²) >= 11 is 0. The van der Waals surface area contributed by atoms with Gasteiger partial charge in [-0.3, -0.25) is 9.69 Å². The highest BCUT2D eigenvalue weighted by Crippen LogP contribution is 2.24. The molecular formula is C16H21F2NO. The van der Waals surface area contributed by atoms with Gasteiger partial charge >= 0.3 is 0 Å². The Bertz CT molecular complexity index is 483. The van der Waals surface area contributed by atoms with E-state index in [4.69, 9.17) is 0 Å². The lowest BCUT2D eigenvalue weighted by molar-refractivity contribution is 0.0774. The van der Waals surface area contributed by atoms with E-state index in [1.807, 2.05) is 11.9 Å². The van der Waals surface area contributed by atoms with Gasteiger partial charge in [0.1, 0.15) is 11.6 Å². The van der Waals surface area contributed by atoms with Crippen LogP contribution >= 0.6 is 0 Å². The zero-order valence-corrected chi connectivity index (χ0v) is 12.0. The first-order valence-corrected chi connectivity index (χ1v) is 7.22. The number of likely N-dealkylation sites (N-methyl/N-ethyl adjacent to an activating group) is 1. The quantitative estimate of drug-likeness (QED) is 0.782. The summed E-state index contributed by atoms with van der Waals surface area (Å²) in [6.45, 7) is 1.79. The normalized spacial score (nSPS) is 18.2. The molecule has 20 heavy (non-hydrogen) atoms. The minimum atomic E-state index is -0.779. The zero-order valence-electron chi connectivity index (χ0n) is 12.0. The van der Waals surface area contributed by atoms with E-state index in [0.29, 0.717) is 6.04 Å². The molecule has 110 valence electrons. The standard InChI is InChI=1S/C16H21F2NO/c1-11(19(2)13-6-4-3-5-7-13)16(20)14-9-8-12(17)10-15(14)18/h8-11,13H,3-7H2,1-2H3. The van der Waals surface area contributed by atoms with Gasteiger partial charge in [-0.15, -0.1) is 0 Å². The zero-order chi connectivity index (χ0) is 14.7. The Hall–Kier alpha value is -1.29. The Labute approximate surface area is 118 Å². The van der Waals surface area contributed by atoms with E-state index in [-0.39, 0.29) is 11.3 Å². The van der Waals surface area contributed by atoms with Crippen molar-refractivity contribution < 1.29 is 13.6 Å². The van der Waals surface area contributed by atoms with Crippen molar-refractivity contribution in [1.29, 1.82) is 0 Å². The van der Waals surface area contributed by atoms with Crippen LogP contribution in [0, 0.1) is 11.6 Å². The Balaban J connectivity index is 2.10. The van der Waals surface area contributed by atoms with Gasteiger partial charge in [0.15, 0.2) is 5.78 Å². The molecule has 0 radical (unpaired) electrons. The van der Waals surface area contributed by atoms with Crippen LogP contribution in [0.5, 0.6) is 0 Å². The van der Waals surface area contributed by atoms with E-state index in [9.17, 15) is 13.6 Å². The van der Waals surface area contributed by atoms with Crippen LogP contribution in [-0.4, -0.2) is 29.8 Å². The minimum absolute atomic E-state index is 0.0263. The number of hydrogen-bond donors (Lipinski definition) is 0. The monoisotopic (exact) mass is 281 g/mol. The van der Waals surface area contributed by atoms with E-state index in [1.54, 1.807) is 6.92 Å². The van der Waals surface area contributed by atoms with Crippen LogP contribution in [0.15, 0.2) is 18.2 Å². The van der Waals surface area contributed by atoms with Crippen molar-refractivity contribution in [3.8, 4) is 0 Å². The number of halogens is 2. The maximum Gasteiger partial charge on any atom is 0.182 e. The number of rotatable bonds is 4. The molecule has 1 aromatic rings. The third kappa shape index (κ3) is 3.23. The predicted octanol–water partition coefficient (Wildman–Crippen LogP) is 3.80. The third-order valence-electron chi connectivity index (χ3n) is 4.34. The second kappa shape index (κ2) is 6.44. The first kappa shape index (κ1) is 15.1. The average Bonchev–Trinajstić information content (AvgIpc) is 2.46. The maximum absolute atomic E-state index is 13.7. The number of hydrogen-bond acceptors (Lipinski definition) is 2. The molecule has 1 aliphatic carbocycles. The second-order valence-corrected chi connectivity index (χ2v) is 5.62. The highest BCUT2D eigenvalue weighted by atomic mass is 19.1. The van der Waals surface area contributed by atoms with Gasteiger partial charge in [0, 0.05) is 12.1 Å². The van der Waals surface area contributed by atoms with Gasteiger partial charge in [-0.25, -0.2) is 8.78 Å². The first-order valence-electron chi connectivity index (χ1n) is 7.22. The van der Waals surface area contributed by atoms with Crippen LogP contribution in [0.25, 0.3) is 0 Å². The Morgan fingerprint density at radius 2 is 1.90 bits per heavy atom. The molecule has 1 fully saturated rings. The predicted molar refractivity (Wildman–Crippen MR) is 74.8 cm³/mol. The molecule has 2 nitrogen and oxygen atoms in total. The van der Waals surface area contributed by atoms with Crippen LogP contribution in [-0.2, 0) is 0 Å². The molecule has 0 bridgehead atoms. The van der Waals surface area contributed by atoms with E-state index in [2.05, 4.69) is 0 Å². The summed E-state index contributed by atoms with van der Waals surface area (Å²) in [7, 11) is 1.92. The highest BCUT2D eigenvalue weighted by molar-refractivity contribution is 6.00. The molecule has 1 atom stereocenters. The van der Waals surface area contributed by atoms with Gasteiger partial charge in [0.25, 0.3) is 0 Å². The van der Waals surface area contributed by atoms with E-state index in [1.165, 1.54) is 25.3 Å². The molecule has 1 unspecified atom stereocenters. The van der Waals surface area contributed by atoms with Gasteiger partial charge in [0.05, 0.1) is 11.6 Å². The molecule has 1 aliphatic rings. The lowest BCUT2D eigenvalue weighted by atomic mass is 9.92. The number of ketones is 1. The van der Waals surface area contributed by atoms with Crippen molar-refractivity contribution in [3.63, 3.8) is 0 Å². The summed E-state index contributed by atoms with van der Waals surface area (Å²) < 4.78 is 26.6. The van der Waals surface area contributed by atoms with Crippen LogP contribution in [0.2, 0.25) is 0 Å². The number of carbonyl (C=O) groups is 1. The SMILES string of the molecule is CC(C(=O)c1ccc(F)cc1F)N(C)C1CCCCC1. The fourth-order valence-corrected chi connectivity index (χ4v) is 2.90. The van der Waals surface area contributed by atoms with E-state index < -0.39 is 17.7 Å². The van der Waals surface area contributed by atoms with Gasteiger partial charge in [-0.1, -0.05) is 19.3 Å². The topological polar surface area (TPSA) is 20.3 Å². The van der Waals surface area contributed by atoms with Crippen LogP contribution in [0.1, 0.15) is 49.4 Å². The third-order valence-corrected chi connectivity index (χ3v) is 4.34. The van der Waals surface area contributed by atoms with Gasteiger partial charge in [-0.05, 0) is 38.9 Å². The second-order valence-electron chi connectivity index (χ2n) is 5.62. The fourth-order valence-electron chi connectivity index (χ4n) is 2.90. The summed E-state index contributed by atoms with van der Waals surface area (Å²) in [6, 6.07) is 3.12. The van der Waals surface area contributed by atoms with Gasteiger partial charge < -0.3 is 0 Å². The number of Topliss-reactive ketones (excluding diaryl/α,β-unsaturated/α-hetero) is 1. The van der Waals surface area contributed by atoms with Gasteiger partial charge in [0.2, 0.25) is 0 Å². The lowest BCUT2D eigenvalue weighted by Gasteiger charge is -2.34. The molecule has 4 heteroatoms. The molecule has 2 rings (SSSR count). The maximum atomic E-state index is 13.7. The van der Waals surface area contributed by atoms with E-state index in [0.717, 1.165) is 25.0 Å². The summed E-state index contributed by atoms with van der Waals surface area (Å²) in [5.74, 6) is -1.72. The molecule has 0 heterocycles. The summed E-state index contributed by atoms with van der Waals surface area (Å²) in [5.41, 5.74) is -0.0263. The van der Waals surface area contributed by atoms with Crippen molar-refractivity contribution in [2.75, 3.05) is 7.05 Å². The first-order chi connectivity index (χ1) is 9.50. The summed E-state index contributed by atoms with van der Waals surface area (Å²) in [6.07, 6.45) is 5.78. The van der Waals surface area contributed by atoms with Crippen LogP contribution in [0.3, 0.4) is 0 Å². The van der Waals surface area contributed by atoms with Crippen molar-refractivity contribution in [3.05, 3.63) is 35.4 Å². The fraction of sp³-hybridized carbons (Fsp3) is 0.562. The minimum Gasteiger partial charge on any atom is -0.294 e. The molecule has 0 N–H and O–H groups in total. The van der Waals surface area contributed by atoms with E-state index >= 15 is 0 Å². The Kier molecular flexibility index (Phi) is 4.86. The average molecular weight is 281 g/mol. The van der Waals surface area contributed by atoms with Gasteiger partial charge in [-0.2, -0.15) is 0 Å². The van der Waals surface area contributed by atoms with Crippen LogP contribution in [0.4, 0.5) is 8.78 Å². The number of nitrogens with zero attached hydrogens (tertiary/aromatic N) is 1. The number of benzene rings is 1. The largest absolute Gasteiger partial charge is 0.294 e. The van der Waals surface area contributed by atoms with Crippen molar-refractivity contribution in [1.82, 2.24) is 4.90 Å². The molecule has 1 aromatic carbocycles. The molecule has 1 saturated carbocycles. The highest BCUT2D eigenvalue weighted by Gasteiger charge is 2.28. The van der Waals surface area contributed by atoms with Crippen molar-refractivity contribution in [2.24, 2.45) is 0 Å². The Morgan fingerprint density at radius 1 is 1.25 bits per heavy atom. The van der Waals surface area contributed by atoms with Crippen molar-refractivity contribution in [2.45, 2.75) is 51.1 Å². The van der Waals surface area contributed by atoms with Crippen LogP contribution < -0.4 is 0 Å². The van der Waals surface area contributed by atoms with Crippen molar-refractivity contribution >= 4 is 5.78 Å². The summed E-state index contributed by atoms with van der Waals surface area (Å²) in [5, 5.41) is 0. The number of carbonyl (C=O) groups excluding carboxylic acids is 1. The molecule has 0 aromatic heterocycles.